The number of piperidine rings is 2. The van der Waals surface area contributed by atoms with Gasteiger partial charge >= 0.3 is 0 Å². The van der Waals surface area contributed by atoms with E-state index < -0.39 is 0 Å². The Kier molecular flexibility index (Phi) is 5.92. The van der Waals surface area contributed by atoms with Crippen molar-refractivity contribution in [3.8, 4) is 0 Å². The third-order valence-electron chi connectivity index (χ3n) is 6.89. The van der Waals surface area contributed by atoms with Gasteiger partial charge in [-0.15, -0.1) is 0 Å². The lowest BCUT2D eigenvalue weighted by molar-refractivity contribution is -0.0366. The van der Waals surface area contributed by atoms with Gasteiger partial charge in [-0.1, -0.05) is 6.07 Å². The van der Waals surface area contributed by atoms with E-state index in [0.29, 0.717) is 12.1 Å². The molecule has 6 nitrogen and oxygen atoms in total. The summed E-state index contributed by atoms with van der Waals surface area (Å²) >= 11 is 0. The zero-order valence-corrected chi connectivity index (χ0v) is 17.1. The van der Waals surface area contributed by atoms with E-state index in [4.69, 9.17) is 0 Å². The standard InChI is InChI=1S/C23H30N4O2/c1-18-21(6-4-11-24-18)22(29)27-14-9-23(19(15-27)17-28)7-12-26(13-8-23)16-20-5-2-3-10-25-20/h2-6,10-11,19,28H,7-9,12-17H2,1H3/t19-/m1/s1. The molecular weight excluding hydrogens is 364 g/mol. The van der Waals surface area contributed by atoms with E-state index in [1.165, 1.54) is 0 Å². The molecule has 2 aromatic heterocycles. The molecule has 29 heavy (non-hydrogen) atoms. The molecule has 2 aliphatic rings. The number of amides is 1. The van der Waals surface area contributed by atoms with Crippen LogP contribution in [0.2, 0.25) is 0 Å². The number of likely N-dealkylation sites (tertiary alicyclic amines) is 2. The quantitative estimate of drug-likeness (QED) is 0.863. The second-order valence-corrected chi connectivity index (χ2v) is 8.48. The first-order valence-corrected chi connectivity index (χ1v) is 10.6. The van der Waals surface area contributed by atoms with Gasteiger partial charge in [0.15, 0.2) is 0 Å². The minimum atomic E-state index is 0.0384. The molecule has 0 aliphatic carbocycles. The normalized spacial score (nSPS) is 22.0. The van der Waals surface area contributed by atoms with Gasteiger partial charge in [-0.25, -0.2) is 0 Å². The van der Waals surface area contributed by atoms with Crippen LogP contribution < -0.4 is 0 Å². The molecule has 4 heterocycles. The number of rotatable bonds is 4. The van der Waals surface area contributed by atoms with Gasteiger partial charge < -0.3 is 10.0 Å². The molecule has 0 bridgehead atoms. The molecular formula is C23H30N4O2. The van der Waals surface area contributed by atoms with Gasteiger partial charge in [-0.05, 0) is 69.0 Å². The maximum atomic E-state index is 13.0. The summed E-state index contributed by atoms with van der Waals surface area (Å²) in [4.78, 5) is 26.1. The van der Waals surface area contributed by atoms with Crippen LogP contribution in [0.3, 0.4) is 0 Å². The summed E-state index contributed by atoms with van der Waals surface area (Å²) in [6.45, 7) is 6.31. The van der Waals surface area contributed by atoms with Crippen LogP contribution >= 0.6 is 0 Å². The number of carbonyl (C=O) groups excluding carboxylic acids is 1. The first-order chi connectivity index (χ1) is 14.1. The number of aromatic nitrogens is 2. The van der Waals surface area contributed by atoms with E-state index in [1.54, 1.807) is 6.20 Å². The van der Waals surface area contributed by atoms with Crippen molar-refractivity contribution in [2.45, 2.75) is 32.7 Å². The number of aliphatic hydroxyl groups is 1. The second kappa shape index (κ2) is 8.59. The van der Waals surface area contributed by atoms with E-state index in [0.717, 1.165) is 56.8 Å². The summed E-state index contributed by atoms with van der Waals surface area (Å²) in [5.74, 6) is 0.172. The molecule has 0 radical (unpaired) electrons. The molecule has 1 atom stereocenters. The predicted molar refractivity (Wildman–Crippen MR) is 111 cm³/mol. The van der Waals surface area contributed by atoms with Gasteiger partial charge in [-0.3, -0.25) is 19.7 Å². The Balaban J connectivity index is 1.39. The zero-order chi connectivity index (χ0) is 20.3. The van der Waals surface area contributed by atoms with Crippen LogP contribution in [0.25, 0.3) is 0 Å². The number of aryl methyl sites for hydroxylation is 1. The molecule has 0 unspecified atom stereocenters. The van der Waals surface area contributed by atoms with Gasteiger partial charge in [0.05, 0.1) is 11.3 Å². The van der Waals surface area contributed by atoms with Crippen LogP contribution in [-0.4, -0.2) is 63.6 Å². The van der Waals surface area contributed by atoms with E-state index in [1.807, 2.05) is 42.3 Å². The van der Waals surface area contributed by atoms with Crippen molar-refractivity contribution in [3.05, 3.63) is 59.7 Å². The summed E-state index contributed by atoms with van der Waals surface area (Å²) in [5, 5.41) is 10.2. The molecule has 2 aliphatic heterocycles. The van der Waals surface area contributed by atoms with Crippen LogP contribution in [0, 0.1) is 18.3 Å². The van der Waals surface area contributed by atoms with Crippen molar-refractivity contribution < 1.29 is 9.90 Å². The number of pyridine rings is 2. The highest BCUT2D eigenvalue weighted by Crippen LogP contribution is 2.45. The van der Waals surface area contributed by atoms with E-state index in [-0.39, 0.29) is 23.8 Å². The molecule has 0 saturated carbocycles. The molecule has 1 N–H and O–H groups in total. The maximum absolute atomic E-state index is 13.0. The van der Waals surface area contributed by atoms with Crippen molar-refractivity contribution in [3.63, 3.8) is 0 Å². The Bertz CT molecular complexity index is 834. The van der Waals surface area contributed by atoms with Gasteiger partial charge in [0.25, 0.3) is 5.91 Å². The van der Waals surface area contributed by atoms with Gasteiger partial charge in [0, 0.05) is 50.2 Å². The van der Waals surface area contributed by atoms with Gasteiger partial charge in [0.2, 0.25) is 0 Å². The minimum Gasteiger partial charge on any atom is -0.396 e. The Morgan fingerprint density at radius 3 is 2.55 bits per heavy atom. The molecule has 6 heteroatoms. The van der Waals surface area contributed by atoms with E-state index >= 15 is 0 Å². The fraction of sp³-hybridized carbons (Fsp3) is 0.522. The largest absolute Gasteiger partial charge is 0.396 e. The molecule has 4 rings (SSSR count). The average Bonchev–Trinajstić information content (AvgIpc) is 2.76. The number of hydrogen-bond acceptors (Lipinski definition) is 5. The highest BCUT2D eigenvalue weighted by Gasteiger charge is 2.45. The van der Waals surface area contributed by atoms with Crippen LogP contribution in [0.15, 0.2) is 42.7 Å². The maximum Gasteiger partial charge on any atom is 0.255 e. The Labute approximate surface area is 172 Å². The van der Waals surface area contributed by atoms with Gasteiger partial charge in [-0.2, -0.15) is 0 Å². The van der Waals surface area contributed by atoms with E-state index in [2.05, 4.69) is 20.9 Å². The number of nitrogens with zero attached hydrogens (tertiary/aromatic N) is 4. The molecule has 1 amide bonds. The topological polar surface area (TPSA) is 69.6 Å². The fourth-order valence-electron chi connectivity index (χ4n) is 4.96. The molecule has 2 aromatic rings. The summed E-state index contributed by atoms with van der Waals surface area (Å²) in [6, 6.07) is 9.71. The Morgan fingerprint density at radius 1 is 1.10 bits per heavy atom. The summed E-state index contributed by atoms with van der Waals surface area (Å²) in [5.41, 5.74) is 2.68. The average molecular weight is 395 g/mol. The van der Waals surface area contributed by atoms with Crippen LogP contribution in [0.1, 0.15) is 41.0 Å². The van der Waals surface area contributed by atoms with Crippen molar-refractivity contribution >= 4 is 5.91 Å². The zero-order valence-electron chi connectivity index (χ0n) is 17.1. The highest BCUT2D eigenvalue weighted by atomic mass is 16.3. The monoisotopic (exact) mass is 394 g/mol. The van der Waals surface area contributed by atoms with Crippen molar-refractivity contribution in [2.24, 2.45) is 11.3 Å². The third kappa shape index (κ3) is 4.19. The molecule has 154 valence electrons. The summed E-state index contributed by atoms with van der Waals surface area (Å²) < 4.78 is 0. The molecule has 1 spiro atoms. The number of hydrogen-bond donors (Lipinski definition) is 1. The molecule has 2 fully saturated rings. The lowest BCUT2D eigenvalue weighted by Gasteiger charge is -2.51. The Hall–Kier alpha value is -2.31. The van der Waals surface area contributed by atoms with Crippen LogP contribution in [-0.2, 0) is 6.54 Å². The summed E-state index contributed by atoms with van der Waals surface area (Å²) in [7, 11) is 0. The van der Waals surface area contributed by atoms with Crippen LogP contribution in [0.4, 0.5) is 0 Å². The first kappa shape index (κ1) is 20.0. The first-order valence-electron chi connectivity index (χ1n) is 10.6. The van der Waals surface area contributed by atoms with Crippen molar-refractivity contribution in [2.75, 3.05) is 32.8 Å². The van der Waals surface area contributed by atoms with E-state index in [9.17, 15) is 9.90 Å². The fourth-order valence-corrected chi connectivity index (χ4v) is 4.96. The third-order valence-corrected chi connectivity index (χ3v) is 6.89. The highest BCUT2D eigenvalue weighted by molar-refractivity contribution is 5.95. The lowest BCUT2D eigenvalue weighted by atomic mass is 9.64. The SMILES string of the molecule is Cc1ncccc1C(=O)N1CCC2(CCN(Cc3ccccn3)CC2)[C@@H](CO)C1. The summed E-state index contributed by atoms with van der Waals surface area (Å²) in [6.07, 6.45) is 6.66. The molecule has 2 saturated heterocycles. The van der Waals surface area contributed by atoms with Crippen molar-refractivity contribution in [1.82, 2.24) is 19.8 Å². The smallest absolute Gasteiger partial charge is 0.255 e. The van der Waals surface area contributed by atoms with Crippen LogP contribution in [0.5, 0.6) is 0 Å². The number of aliphatic hydroxyl groups excluding tert-OH is 1. The van der Waals surface area contributed by atoms with Crippen molar-refractivity contribution in [1.29, 1.82) is 0 Å². The second-order valence-electron chi connectivity index (χ2n) is 8.48. The predicted octanol–water partition coefficient (Wildman–Crippen LogP) is 2.52. The lowest BCUT2D eigenvalue weighted by Crippen LogP contribution is -2.54. The van der Waals surface area contributed by atoms with Gasteiger partial charge in [0.1, 0.15) is 0 Å². The minimum absolute atomic E-state index is 0.0384. The number of carbonyl (C=O) groups is 1. The molecule has 0 aromatic carbocycles. The Morgan fingerprint density at radius 2 is 1.86 bits per heavy atom.